The Balaban J connectivity index is 0.000000640. The van der Waals surface area contributed by atoms with Crippen molar-refractivity contribution < 1.29 is 0 Å². The third kappa shape index (κ3) is 2.78. The molecule has 0 fully saturated rings. The first kappa shape index (κ1) is 8.87. The van der Waals surface area contributed by atoms with Gasteiger partial charge in [-0.05, 0) is 0 Å². The zero-order valence-corrected chi connectivity index (χ0v) is 7.01. The molecule has 0 unspecified atom stereocenters. The van der Waals surface area contributed by atoms with Crippen LogP contribution in [-0.2, 0) is 0 Å². The van der Waals surface area contributed by atoms with E-state index in [1.807, 2.05) is 12.1 Å². The lowest BCUT2D eigenvalue weighted by molar-refractivity contribution is 0.299. The van der Waals surface area contributed by atoms with Crippen LogP contribution >= 0.6 is 17.0 Å². The first-order valence-corrected chi connectivity index (χ1v) is 2.62. The van der Waals surface area contributed by atoms with E-state index in [0.717, 1.165) is 13.1 Å². The second-order valence-electron chi connectivity index (χ2n) is 1.58. The summed E-state index contributed by atoms with van der Waals surface area (Å²) in [5.41, 5.74) is 5.67. The fourth-order valence-electron chi connectivity index (χ4n) is 0.608. The molecule has 5 heteroatoms. The highest BCUT2D eigenvalue weighted by Gasteiger charge is 2.00. The van der Waals surface area contributed by atoms with Gasteiger partial charge in [-0.3, -0.25) is 10.0 Å². The quantitative estimate of drug-likeness (QED) is 0.586. The van der Waals surface area contributed by atoms with E-state index in [9.17, 15) is 0 Å². The highest BCUT2D eigenvalue weighted by atomic mass is 79.9. The van der Waals surface area contributed by atoms with Crippen LogP contribution in [-0.4, -0.2) is 31.5 Å². The summed E-state index contributed by atoms with van der Waals surface area (Å²) >= 11 is 0. The maximum atomic E-state index is 3.98. The molecule has 4 nitrogen and oxygen atoms in total. The van der Waals surface area contributed by atoms with E-state index in [2.05, 4.69) is 16.0 Å². The standard InChI is InChI=1S/C4H10N4.BrH/c1-5-7-8-3-2-6-4-8;/h4-5,7H,2-3H2,1H3;1H. The van der Waals surface area contributed by atoms with Crippen LogP contribution in [0.15, 0.2) is 4.99 Å². The number of aliphatic imine (C=N–C) groups is 1. The van der Waals surface area contributed by atoms with E-state index in [0.29, 0.717) is 0 Å². The van der Waals surface area contributed by atoms with Gasteiger partial charge in [0.15, 0.2) is 0 Å². The summed E-state index contributed by atoms with van der Waals surface area (Å²) in [5.74, 6) is 0. The van der Waals surface area contributed by atoms with Crippen molar-refractivity contribution >= 4 is 23.3 Å². The maximum absolute atomic E-state index is 3.98. The highest BCUT2D eigenvalue weighted by molar-refractivity contribution is 8.93. The van der Waals surface area contributed by atoms with Gasteiger partial charge in [-0.1, -0.05) is 0 Å². The van der Waals surface area contributed by atoms with Gasteiger partial charge in [-0.2, -0.15) is 5.53 Å². The Morgan fingerprint density at radius 3 is 2.89 bits per heavy atom. The predicted molar refractivity (Wildman–Crippen MR) is 42.6 cm³/mol. The molecular weight excluding hydrogens is 184 g/mol. The van der Waals surface area contributed by atoms with E-state index in [1.165, 1.54) is 0 Å². The lowest BCUT2D eigenvalue weighted by Crippen LogP contribution is -2.43. The molecule has 0 atom stereocenters. The molecule has 1 aliphatic rings. The Morgan fingerprint density at radius 1 is 1.67 bits per heavy atom. The number of hydrazine groups is 2. The van der Waals surface area contributed by atoms with Crippen molar-refractivity contribution in [3.05, 3.63) is 0 Å². The molecule has 1 aliphatic heterocycles. The third-order valence-corrected chi connectivity index (χ3v) is 0.946. The summed E-state index contributed by atoms with van der Waals surface area (Å²) in [6.45, 7) is 1.86. The molecule has 54 valence electrons. The van der Waals surface area contributed by atoms with E-state index in [1.54, 1.807) is 6.34 Å². The lowest BCUT2D eigenvalue weighted by atomic mass is 10.7. The maximum Gasteiger partial charge on any atom is 0.100 e. The first-order chi connectivity index (χ1) is 3.93. The average Bonchev–Trinajstić information content (AvgIpc) is 2.19. The number of rotatable bonds is 2. The van der Waals surface area contributed by atoms with Crippen molar-refractivity contribution in [1.82, 2.24) is 16.0 Å². The molecule has 0 bridgehead atoms. The summed E-state index contributed by atoms with van der Waals surface area (Å²) < 4.78 is 0. The van der Waals surface area contributed by atoms with Crippen LogP contribution in [0.1, 0.15) is 0 Å². The molecule has 1 rings (SSSR count). The number of hydrogen-bond acceptors (Lipinski definition) is 4. The largest absolute Gasteiger partial charge is 0.283 e. The minimum atomic E-state index is 0. The minimum Gasteiger partial charge on any atom is -0.283 e. The Morgan fingerprint density at radius 2 is 2.44 bits per heavy atom. The lowest BCUT2D eigenvalue weighted by Gasteiger charge is -2.12. The topological polar surface area (TPSA) is 39.7 Å². The van der Waals surface area contributed by atoms with E-state index >= 15 is 0 Å². The summed E-state index contributed by atoms with van der Waals surface area (Å²) in [4.78, 5) is 3.98. The fraction of sp³-hybridized carbons (Fsp3) is 0.750. The van der Waals surface area contributed by atoms with Gasteiger partial charge in [0.05, 0.1) is 13.1 Å². The van der Waals surface area contributed by atoms with Gasteiger partial charge in [0.25, 0.3) is 0 Å². The number of nitrogens with one attached hydrogen (secondary N) is 2. The smallest absolute Gasteiger partial charge is 0.100 e. The third-order valence-electron chi connectivity index (χ3n) is 0.946. The minimum absolute atomic E-state index is 0. The summed E-state index contributed by atoms with van der Waals surface area (Å²) in [5, 5.41) is 1.89. The normalized spacial score (nSPS) is 15.9. The van der Waals surface area contributed by atoms with Crippen molar-refractivity contribution in [3.63, 3.8) is 0 Å². The van der Waals surface area contributed by atoms with Gasteiger partial charge in [0, 0.05) is 7.05 Å². The predicted octanol–water partition coefficient (Wildman–Crippen LogP) is -0.453. The summed E-state index contributed by atoms with van der Waals surface area (Å²) in [7, 11) is 1.83. The van der Waals surface area contributed by atoms with Crippen LogP contribution in [0.3, 0.4) is 0 Å². The summed E-state index contributed by atoms with van der Waals surface area (Å²) in [6, 6.07) is 0. The molecule has 2 N–H and O–H groups in total. The number of halogens is 1. The SMILES string of the molecule is Br.CNNN1C=NCC1. The molecule has 0 saturated carbocycles. The molecule has 0 radical (unpaired) electrons. The molecule has 0 aromatic rings. The zero-order valence-electron chi connectivity index (χ0n) is 5.29. The zero-order chi connectivity index (χ0) is 5.82. The molecule has 0 saturated heterocycles. The van der Waals surface area contributed by atoms with E-state index < -0.39 is 0 Å². The van der Waals surface area contributed by atoms with Crippen LogP contribution in [0, 0.1) is 0 Å². The fourth-order valence-corrected chi connectivity index (χ4v) is 0.608. The van der Waals surface area contributed by atoms with Crippen molar-refractivity contribution in [1.29, 1.82) is 0 Å². The molecule has 0 aromatic carbocycles. The van der Waals surface area contributed by atoms with Crippen molar-refractivity contribution in [2.75, 3.05) is 20.1 Å². The van der Waals surface area contributed by atoms with E-state index in [4.69, 9.17) is 0 Å². The Bertz CT molecular complexity index is 94.6. The Kier molecular flexibility index (Phi) is 4.65. The molecule has 0 amide bonds. The number of nitrogens with zero attached hydrogens (tertiary/aromatic N) is 2. The molecule has 0 spiro atoms. The molecule has 0 aliphatic carbocycles. The van der Waals surface area contributed by atoms with Crippen LogP contribution in [0.25, 0.3) is 0 Å². The van der Waals surface area contributed by atoms with Crippen LogP contribution in [0.5, 0.6) is 0 Å². The van der Waals surface area contributed by atoms with E-state index in [-0.39, 0.29) is 17.0 Å². The second kappa shape index (κ2) is 4.72. The van der Waals surface area contributed by atoms with Gasteiger partial charge in [-0.25, -0.2) is 5.43 Å². The van der Waals surface area contributed by atoms with Crippen LogP contribution in [0.4, 0.5) is 0 Å². The van der Waals surface area contributed by atoms with Gasteiger partial charge in [0.2, 0.25) is 0 Å². The molecule has 1 heterocycles. The van der Waals surface area contributed by atoms with Crippen LogP contribution < -0.4 is 11.0 Å². The average molecular weight is 195 g/mol. The molecule has 0 aromatic heterocycles. The Labute approximate surface area is 65.0 Å². The van der Waals surface area contributed by atoms with Crippen LogP contribution in [0.2, 0.25) is 0 Å². The van der Waals surface area contributed by atoms with Crippen molar-refractivity contribution in [2.24, 2.45) is 4.99 Å². The first-order valence-electron chi connectivity index (χ1n) is 2.62. The summed E-state index contributed by atoms with van der Waals surface area (Å²) in [6.07, 6.45) is 1.77. The molecule has 9 heavy (non-hydrogen) atoms. The monoisotopic (exact) mass is 194 g/mol. The number of hydrogen-bond donors (Lipinski definition) is 2. The highest BCUT2D eigenvalue weighted by Crippen LogP contribution is 1.84. The van der Waals surface area contributed by atoms with Gasteiger partial charge in [0.1, 0.15) is 6.34 Å². The van der Waals surface area contributed by atoms with Crippen molar-refractivity contribution in [2.45, 2.75) is 0 Å². The molecular formula is C4H11BrN4. The van der Waals surface area contributed by atoms with Crippen molar-refractivity contribution in [3.8, 4) is 0 Å². The van der Waals surface area contributed by atoms with Gasteiger partial charge < -0.3 is 0 Å². The Hall–Kier alpha value is -0.130. The van der Waals surface area contributed by atoms with Gasteiger partial charge in [-0.15, -0.1) is 17.0 Å². The van der Waals surface area contributed by atoms with Gasteiger partial charge >= 0.3 is 0 Å². The second-order valence-corrected chi connectivity index (χ2v) is 1.58.